The third-order valence-corrected chi connectivity index (χ3v) is 3.92. The topological polar surface area (TPSA) is 86.3 Å². The van der Waals surface area contributed by atoms with E-state index in [0.717, 1.165) is 11.3 Å². The van der Waals surface area contributed by atoms with Crippen molar-refractivity contribution in [2.45, 2.75) is 0 Å². The molecule has 0 saturated carbocycles. The molecule has 0 aliphatic carbocycles. The maximum Gasteiger partial charge on any atom is 0.272 e. The highest BCUT2D eigenvalue weighted by Gasteiger charge is 2.13. The molecule has 3 rings (SSSR count). The lowest BCUT2D eigenvalue weighted by Gasteiger charge is -2.10. The standard InChI is InChI=1S/C20H19N3O3/c1-23-17(14-5-3-2-4-6-14)11-12-18(23)20(25)22-15-7-9-16(10-8-15)26-13-19(21)24/h2-12H,13H2,1H3,(H2,21,24)(H,22,25). The molecule has 0 aliphatic rings. The van der Waals surface area contributed by atoms with E-state index in [1.54, 1.807) is 30.3 Å². The van der Waals surface area contributed by atoms with Crippen molar-refractivity contribution in [3.8, 4) is 17.0 Å². The number of nitrogens with two attached hydrogens (primary N) is 1. The van der Waals surface area contributed by atoms with Gasteiger partial charge in [-0.1, -0.05) is 30.3 Å². The second-order valence-corrected chi connectivity index (χ2v) is 5.76. The number of amides is 2. The second kappa shape index (κ2) is 7.57. The van der Waals surface area contributed by atoms with Gasteiger partial charge in [0.1, 0.15) is 11.4 Å². The Bertz CT molecular complexity index is 915. The van der Waals surface area contributed by atoms with Crippen LogP contribution in [0.15, 0.2) is 66.7 Å². The number of carbonyl (C=O) groups is 2. The minimum absolute atomic E-state index is 0.183. The number of anilines is 1. The Morgan fingerprint density at radius 3 is 2.35 bits per heavy atom. The predicted octanol–water partition coefficient (Wildman–Crippen LogP) is 2.81. The quantitative estimate of drug-likeness (QED) is 0.717. The predicted molar refractivity (Wildman–Crippen MR) is 99.9 cm³/mol. The van der Waals surface area contributed by atoms with Gasteiger partial charge in [-0.25, -0.2) is 0 Å². The zero-order valence-electron chi connectivity index (χ0n) is 14.3. The van der Waals surface area contributed by atoms with E-state index < -0.39 is 5.91 Å². The van der Waals surface area contributed by atoms with Crippen LogP contribution in [-0.4, -0.2) is 23.0 Å². The highest BCUT2D eigenvalue weighted by Crippen LogP contribution is 2.22. The van der Waals surface area contributed by atoms with E-state index in [0.29, 0.717) is 17.1 Å². The second-order valence-electron chi connectivity index (χ2n) is 5.76. The number of nitrogens with zero attached hydrogens (tertiary/aromatic N) is 1. The zero-order valence-corrected chi connectivity index (χ0v) is 14.3. The summed E-state index contributed by atoms with van der Waals surface area (Å²) >= 11 is 0. The summed E-state index contributed by atoms with van der Waals surface area (Å²) in [7, 11) is 1.86. The molecule has 3 N–H and O–H groups in total. The normalized spacial score (nSPS) is 10.3. The summed E-state index contributed by atoms with van der Waals surface area (Å²) in [5, 5.41) is 2.85. The molecule has 0 aliphatic heterocycles. The summed E-state index contributed by atoms with van der Waals surface area (Å²) in [5.74, 6) is -0.243. The first-order valence-corrected chi connectivity index (χ1v) is 8.08. The smallest absolute Gasteiger partial charge is 0.272 e. The highest BCUT2D eigenvalue weighted by atomic mass is 16.5. The fourth-order valence-electron chi connectivity index (χ4n) is 2.62. The summed E-state index contributed by atoms with van der Waals surface area (Å²) in [6.45, 7) is -0.183. The Morgan fingerprint density at radius 2 is 1.69 bits per heavy atom. The Labute approximate surface area is 151 Å². The van der Waals surface area contributed by atoms with Crippen LogP contribution in [0.1, 0.15) is 10.5 Å². The van der Waals surface area contributed by atoms with Crippen LogP contribution in [0.2, 0.25) is 0 Å². The van der Waals surface area contributed by atoms with Crippen LogP contribution in [0.3, 0.4) is 0 Å². The molecule has 2 aromatic carbocycles. The molecule has 0 bridgehead atoms. The lowest BCUT2D eigenvalue weighted by atomic mass is 10.2. The molecular formula is C20H19N3O3. The maximum absolute atomic E-state index is 12.6. The number of hydrogen-bond acceptors (Lipinski definition) is 3. The Balaban J connectivity index is 1.71. The van der Waals surface area contributed by atoms with Gasteiger partial charge in [-0.15, -0.1) is 0 Å². The van der Waals surface area contributed by atoms with Gasteiger partial charge in [0.15, 0.2) is 6.61 Å². The number of hydrogen-bond donors (Lipinski definition) is 2. The number of primary amides is 1. The number of carbonyl (C=O) groups excluding carboxylic acids is 2. The van der Waals surface area contributed by atoms with Gasteiger partial charge in [0, 0.05) is 18.4 Å². The molecule has 0 spiro atoms. The molecule has 1 heterocycles. The zero-order chi connectivity index (χ0) is 18.5. The van der Waals surface area contributed by atoms with Gasteiger partial charge in [0.2, 0.25) is 0 Å². The Hall–Kier alpha value is -3.54. The van der Waals surface area contributed by atoms with E-state index in [-0.39, 0.29) is 12.5 Å². The maximum atomic E-state index is 12.6. The van der Waals surface area contributed by atoms with Crippen LogP contribution >= 0.6 is 0 Å². The van der Waals surface area contributed by atoms with E-state index >= 15 is 0 Å². The van der Waals surface area contributed by atoms with Crippen molar-refractivity contribution in [2.24, 2.45) is 12.8 Å². The van der Waals surface area contributed by atoms with Crippen LogP contribution in [0.4, 0.5) is 5.69 Å². The van der Waals surface area contributed by atoms with Gasteiger partial charge in [-0.3, -0.25) is 9.59 Å². The molecule has 0 radical (unpaired) electrons. The molecule has 3 aromatic rings. The summed E-state index contributed by atoms with van der Waals surface area (Å²) < 4.78 is 7.05. The van der Waals surface area contributed by atoms with Crippen molar-refractivity contribution >= 4 is 17.5 Å². The fourth-order valence-corrected chi connectivity index (χ4v) is 2.62. The average Bonchev–Trinajstić information content (AvgIpc) is 3.03. The van der Waals surface area contributed by atoms with E-state index in [1.165, 1.54) is 0 Å². The molecule has 6 nitrogen and oxygen atoms in total. The molecule has 0 fully saturated rings. The highest BCUT2D eigenvalue weighted by molar-refractivity contribution is 6.03. The molecule has 2 amide bonds. The van der Waals surface area contributed by atoms with Crippen LogP contribution in [-0.2, 0) is 11.8 Å². The molecule has 132 valence electrons. The lowest BCUT2D eigenvalue weighted by Crippen LogP contribution is -2.20. The van der Waals surface area contributed by atoms with Crippen molar-refractivity contribution in [2.75, 3.05) is 11.9 Å². The number of benzene rings is 2. The molecular weight excluding hydrogens is 330 g/mol. The van der Waals surface area contributed by atoms with Gasteiger partial charge in [-0.05, 0) is 42.0 Å². The first-order chi connectivity index (χ1) is 12.5. The first-order valence-electron chi connectivity index (χ1n) is 8.08. The van der Waals surface area contributed by atoms with Gasteiger partial charge >= 0.3 is 0 Å². The molecule has 0 saturated heterocycles. The van der Waals surface area contributed by atoms with Crippen molar-refractivity contribution < 1.29 is 14.3 Å². The number of rotatable bonds is 6. The summed E-state index contributed by atoms with van der Waals surface area (Å²) in [6, 6.07) is 20.3. The van der Waals surface area contributed by atoms with E-state index in [4.69, 9.17) is 10.5 Å². The summed E-state index contributed by atoms with van der Waals surface area (Å²) in [4.78, 5) is 23.3. The SMILES string of the molecule is Cn1c(C(=O)Nc2ccc(OCC(N)=O)cc2)ccc1-c1ccccc1. The molecule has 1 aromatic heterocycles. The Kier molecular flexibility index (Phi) is 5.03. The van der Waals surface area contributed by atoms with E-state index in [1.807, 2.05) is 48.0 Å². The van der Waals surface area contributed by atoms with Crippen LogP contribution < -0.4 is 15.8 Å². The number of ether oxygens (including phenoxy) is 1. The lowest BCUT2D eigenvalue weighted by molar-refractivity contribution is -0.119. The average molecular weight is 349 g/mol. The third-order valence-electron chi connectivity index (χ3n) is 3.92. The summed E-state index contributed by atoms with van der Waals surface area (Å²) in [6.07, 6.45) is 0. The van der Waals surface area contributed by atoms with Crippen molar-refractivity contribution in [3.63, 3.8) is 0 Å². The van der Waals surface area contributed by atoms with E-state index in [9.17, 15) is 9.59 Å². The molecule has 6 heteroatoms. The van der Waals surface area contributed by atoms with Crippen molar-refractivity contribution in [1.29, 1.82) is 0 Å². The molecule has 0 atom stereocenters. The van der Waals surface area contributed by atoms with Crippen LogP contribution in [0, 0.1) is 0 Å². The third kappa shape index (κ3) is 3.92. The van der Waals surface area contributed by atoms with Gasteiger partial charge < -0.3 is 20.4 Å². The minimum Gasteiger partial charge on any atom is -0.484 e. The number of aromatic nitrogens is 1. The van der Waals surface area contributed by atoms with Gasteiger partial charge in [0.25, 0.3) is 11.8 Å². The molecule has 0 unspecified atom stereocenters. The Morgan fingerprint density at radius 1 is 1.00 bits per heavy atom. The fraction of sp³-hybridized carbons (Fsp3) is 0.100. The first kappa shape index (κ1) is 17.3. The van der Waals surface area contributed by atoms with Gasteiger partial charge in [0.05, 0.1) is 0 Å². The van der Waals surface area contributed by atoms with E-state index in [2.05, 4.69) is 5.32 Å². The number of nitrogens with one attached hydrogen (secondary N) is 1. The summed E-state index contributed by atoms with van der Waals surface area (Å²) in [5.41, 5.74) is 8.23. The van der Waals surface area contributed by atoms with Crippen LogP contribution in [0.25, 0.3) is 11.3 Å². The van der Waals surface area contributed by atoms with Crippen LogP contribution in [0.5, 0.6) is 5.75 Å². The van der Waals surface area contributed by atoms with Crippen molar-refractivity contribution in [3.05, 3.63) is 72.4 Å². The van der Waals surface area contributed by atoms with Crippen molar-refractivity contribution in [1.82, 2.24) is 4.57 Å². The largest absolute Gasteiger partial charge is 0.484 e. The van der Waals surface area contributed by atoms with Gasteiger partial charge in [-0.2, -0.15) is 0 Å². The monoisotopic (exact) mass is 349 g/mol. The molecule has 26 heavy (non-hydrogen) atoms. The minimum atomic E-state index is -0.541.